The molecule has 0 aromatic carbocycles. The zero-order valence-corrected chi connectivity index (χ0v) is 13.2. The molecule has 11 nitrogen and oxygen atoms in total. The molecule has 0 saturated heterocycles. The van der Waals surface area contributed by atoms with Crippen molar-refractivity contribution >= 4 is 24.8 Å². The third-order valence-corrected chi connectivity index (χ3v) is 5.55. The molecule has 2 aromatic rings. The van der Waals surface area contributed by atoms with Crippen LogP contribution >= 0.6 is 7.82 Å². The monoisotopic (exact) mass is 357 g/mol. The number of imidazole rings is 1. The first-order valence-corrected chi connectivity index (χ1v) is 8.79. The Morgan fingerprint density at radius 3 is 2.83 bits per heavy atom. The maximum absolute atomic E-state index is 10.9. The van der Waals surface area contributed by atoms with Gasteiger partial charge in [0.2, 0.25) is 0 Å². The minimum Gasteiger partial charge on any atom is -0.390 e. The molecule has 6 N–H and O–H groups in total. The Hall–Kier alpha value is -1.62. The van der Waals surface area contributed by atoms with E-state index in [2.05, 4.69) is 19.5 Å². The van der Waals surface area contributed by atoms with Crippen LogP contribution in [0.15, 0.2) is 12.7 Å². The second-order valence-corrected chi connectivity index (χ2v) is 7.47. The summed E-state index contributed by atoms with van der Waals surface area (Å²) in [7, 11) is -4.65. The summed E-state index contributed by atoms with van der Waals surface area (Å²) >= 11 is 0. The van der Waals surface area contributed by atoms with Crippen molar-refractivity contribution in [2.45, 2.75) is 24.2 Å². The second-order valence-electron chi connectivity index (χ2n) is 6.23. The van der Waals surface area contributed by atoms with Crippen molar-refractivity contribution in [3.8, 4) is 0 Å². The van der Waals surface area contributed by atoms with Gasteiger partial charge in [-0.05, 0) is 12.3 Å². The van der Waals surface area contributed by atoms with Crippen LogP contribution < -0.4 is 5.73 Å². The molecule has 0 bridgehead atoms. The molecule has 0 amide bonds. The van der Waals surface area contributed by atoms with Crippen LogP contribution in [0.2, 0.25) is 0 Å². The van der Waals surface area contributed by atoms with E-state index in [0.717, 1.165) is 0 Å². The van der Waals surface area contributed by atoms with Gasteiger partial charge in [0.1, 0.15) is 17.9 Å². The van der Waals surface area contributed by atoms with Gasteiger partial charge in [-0.15, -0.1) is 0 Å². The van der Waals surface area contributed by atoms with E-state index in [1.165, 1.54) is 12.7 Å². The number of rotatable bonds is 4. The van der Waals surface area contributed by atoms with Gasteiger partial charge in [-0.1, -0.05) is 0 Å². The van der Waals surface area contributed by atoms with Crippen molar-refractivity contribution in [3.63, 3.8) is 0 Å². The Morgan fingerprint density at radius 2 is 2.12 bits per heavy atom. The quantitative estimate of drug-likeness (QED) is 0.408. The molecule has 130 valence electrons. The third kappa shape index (κ3) is 2.10. The van der Waals surface area contributed by atoms with Crippen molar-refractivity contribution in [2.24, 2.45) is 11.8 Å². The molecule has 0 radical (unpaired) electrons. The summed E-state index contributed by atoms with van der Waals surface area (Å²) < 4.78 is 17.1. The predicted octanol–water partition coefficient (Wildman–Crippen LogP) is -1.42. The smallest absolute Gasteiger partial charge is 0.390 e. The Kier molecular flexibility index (Phi) is 3.27. The van der Waals surface area contributed by atoms with E-state index in [1.54, 1.807) is 4.57 Å². The first kappa shape index (κ1) is 15.9. The first-order valence-electron chi connectivity index (χ1n) is 7.26. The number of phosphoric acid groups is 1. The molecule has 0 spiro atoms. The number of aliphatic hydroxyl groups is 2. The van der Waals surface area contributed by atoms with Gasteiger partial charge in [-0.2, -0.15) is 0 Å². The van der Waals surface area contributed by atoms with E-state index in [1.807, 2.05) is 0 Å². The van der Waals surface area contributed by atoms with Crippen molar-refractivity contribution in [2.75, 3.05) is 12.3 Å². The molecule has 2 fully saturated rings. The molecule has 5 atom stereocenters. The van der Waals surface area contributed by atoms with E-state index < -0.39 is 31.5 Å². The highest BCUT2D eigenvalue weighted by Crippen LogP contribution is 2.65. The van der Waals surface area contributed by atoms with E-state index in [0.29, 0.717) is 17.6 Å². The standard InChI is InChI=1S/C12H16N5O6P/c13-10-7-11(15-3-14-10)17(4-16-7)12-1-6(12)5(8(18)9(12)19)2-23-24(20,21)22/h3-6,8-9,18-19H,1-2H2,(H2,13,14,15)(H2,20,21,22)/t5?,6-,8+,9+,12+/m0/s1. The Morgan fingerprint density at radius 1 is 1.38 bits per heavy atom. The summed E-state index contributed by atoms with van der Waals surface area (Å²) in [4.78, 5) is 29.9. The molecule has 2 heterocycles. The van der Waals surface area contributed by atoms with Crippen molar-refractivity contribution < 1.29 is 29.1 Å². The lowest BCUT2D eigenvalue weighted by molar-refractivity contribution is -0.0270. The number of fused-ring (bicyclic) bond motifs is 2. The second kappa shape index (κ2) is 4.94. The van der Waals surface area contributed by atoms with Gasteiger partial charge >= 0.3 is 7.82 Å². The lowest BCUT2D eigenvalue weighted by atomic mass is 10.0. The highest BCUT2D eigenvalue weighted by atomic mass is 31.2. The van der Waals surface area contributed by atoms with Gasteiger partial charge in [-0.25, -0.2) is 19.5 Å². The summed E-state index contributed by atoms with van der Waals surface area (Å²) in [6.07, 6.45) is 0.970. The van der Waals surface area contributed by atoms with Crippen LogP contribution in [0, 0.1) is 11.8 Å². The normalized spacial score (nSPS) is 35.3. The lowest BCUT2D eigenvalue weighted by Crippen LogP contribution is -2.39. The highest BCUT2D eigenvalue weighted by Gasteiger charge is 2.72. The van der Waals surface area contributed by atoms with Gasteiger partial charge in [0.05, 0.1) is 24.6 Å². The zero-order chi connectivity index (χ0) is 17.3. The van der Waals surface area contributed by atoms with E-state index >= 15 is 0 Å². The molecule has 12 heteroatoms. The molecular formula is C12H16N5O6P. The predicted molar refractivity (Wildman–Crippen MR) is 79.3 cm³/mol. The van der Waals surface area contributed by atoms with Crippen LogP contribution in [0.4, 0.5) is 5.82 Å². The minimum atomic E-state index is -4.65. The highest BCUT2D eigenvalue weighted by molar-refractivity contribution is 7.46. The van der Waals surface area contributed by atoms with Crippen molar-refractivity contribution in [3.05, 3.63) is 12.7 Å². The first-order chi connectivity index (χ1) is 11.3. The van der Waals surface area contributed by atoms with Gasteiger partial charge in [0.15, 0.2) is 11.5 Å². The number of nitrogen functional groups attached to an aromatic ring is 1. The van der Waals surface area contributed by atoms with Crippen LogP contribution in [-0.2, 0) is 14.6 Å². The summed E-state index contributed by atoms with van der Waals surface area (Å²) in [5.74, 6) is -0.617. The summed E-state index contributed by atoms with van der Waals surface area (Å²) in [5, 5.41) is 20.8. The molecule has 4 rings (SSSR count). The number of phosphoric ester groups is 1. The largest absolute Gasteiger partial charge is 0.469 e. The van der Waals surface area contributed by atoms with Crippen LogP contribution in [0.25, 0.3) is 11.2 Å². The molecule has 24 heavy (non-hydrogen) atoms. The third-order valence-electron chi connectivity index (χ3n) is 5.07. The fourth-order valence-corrected chi connectivity index (χ4v) is 4.26. The molecule has 0 aliphatic heterocycles. The number of nitrogens with two attached hydrogens (primary N) is 1. The van der Waals surface area contributed by atoms with Crippen molar-refractivity contribution in [1.29, 1.82) is 0 Å². The van der Waals surface area contributed by atoms with E-state index in [9.17, 15) is 14.8 Å². The van der Waals surface area contributed by atoms with Crippen molar-refractivity contribution in [1.82, 2.24) is 19.5 Å². The molecule has 2 saturated carbocycles. The van der Waals surface area contributed by atoms with Crippen LogP contribution in [0.5, 0.6) is 0 Å². The minimum absolute atomic E-state index is 0.210. The van der Waals surface area contributed by atoms with Gasteiger partial charge in [0.25, 0.3) is 0 Å². The number of anilines is 1. The molecule has 2 aliphatic rings. The Balaban J connectivity index is 1.69. The summed E-state index contributed by atoms with van der Waals surface area (Å²) in [6, 6.07) is 0. The summed E-state index contributed by atoms with van der Waals surface area (Å²) in [5.41, 5.74) is 5.76. The Labute approximate surface area is 135 Å². The molecular weight excluding hydrogens is 341 g/mol. The van der Waals surface area contributed by atoms with Crippen LogP contribution in [0.1, 0.15) is 6.42 Å². The maximum Gasteiger partial charge on any atom is 0.469 e. The van der Waals surface area contributed by atoms with Crippen LogP contribution in [0.3, 0.4) is 0 Å². The lowest BCUT2D eigenvalue weighted by Gasteiger charge is -2.24. The molecule has 2 aromatic heterocycles. The number of hydrogen-bond acceptors (Lipinski definition) is 8. The van der Waals surface area contributed by atoms with E-state index in [4.69, 9.17) is 15.5 Å². The summed E-state index contributed by atoms with van der Waals surface area (Å²) in [6.45, 7) is -0.349. The zero-order valence-electron chi connectivity index (χ0n) is 12.3. The fourth-order valence-electron chi connectivity index (χ4n) is 3.90. The average Bonchev–Trinajstić information content (AvgIpc) is 3.00. The Bertz CT molecular complexity index is 854. The number of aromatic nitrogens is 4. The number of aliphatic hydroxyl groups excluding tert-OH is 2. The number of nitrogens with zero attached hydrogens (tertiary/aromatic N) is 4. The van der Waals surface area contributed by atoms with E-state index in [-0.39, 0.29) is 18.3 Å². The SMILES string of the molecule is Nc1ncnc2c1ncn2[C@]12C[C@H]1C(COP(=O)(O)O)[C@@H](O)[C@H]2O. The topological polar surface area (TPSA) is 177 Å². The number of hydrogen-bond donors (Lipinski definition) is 5. The van der Waals surface area contributed by atoms with Gasteiger partial charge < -0.3 is 30.3 Å². The van der Waals surface area contributed by atoms with Crippen LogP contribution in [-0.4, -0.2) is 58.3 Å². The maximum atomic E-state index is 10.9. The fraction of sp³-hybridized carbons (Fsp3) is 0.583. The average molecular weight is 357 g/mol. The van der Waals surface area contributed by atoms with Gasteiger partial charge in [0, 0.05) is 5.92 Å². The molecule has 1 unspecified atom stereocenters. The van der Waals surface area contributed by atoms with Gasteiger partial charge in [-0.3, -0.25) is 4.52 Å². The molecule has 2 aliphatic carbocycles.